The van der Waals surface area contributed by atoms with Crippen LogP contribution in [0, 0.1) is 0 Å². The fourth-order valence-corrected chi connectivity index (χ4v) is 4.45. The van der Waals surface area contributed by atoms with Gasteiger partial charge in [-0.25, -0.2) is 9.59 Å². The first-order valence-corrected chi connectivity index (χ1v) is 12.2. The number of benzene rings is 3. The lowest BCUT2D eigenvalue weighted by Gasteiger charge is -2.26. The van der Waals surface area contributed by atoms with E-state index in [1.54, 1.807) is 0 Å². The number of aromatic hydroxyl groups is 4. The summed E-state index contributed by atoms with van der Waals surface area (Å²) in [7, 11) is 0. The molecule has 7 N–H and O–H groups in total. The van der Waals surface area contributed by atoms with Crippen molar-refractivity contribution in [2.24, 2.45) is 0 Å². The minimum absolute atomic E-state index is 0.0101. The number of rotatable bonds is 7. The van der Waals surface area contributed by atoms with Gasteiger partial charge in [-0.1, -0.05) is 6.07 Å². The molecule has 204 valence electrons. The third-order valence-corrected chi connectivity index (χ3v) is 6.53. The second-order valence-electron chi connectivity index (χ2n) is 9.20. The van der Waals surface area contributed by atoms with Crippen LogP contribution >= 0.6 is 0 Å². The molecule has 0 radical (unpaired) electrons. The lowest BCUT2D eigenvalue weighted by molar-refractivity contribution is 0.0191. The minimum Gasteiger partial charge on any atom is -0.508 e. The van der Waals surface area contributed by atoms with Crippen molar-refractivity contribution in [3.05, 3.63) is 82.4 Å². The van der Waals surface area contributed by atoms with Crippen molar-refractivity contribution in [2.45, 2.75) is 31.4 Å². The summed E-state index contributed by atoms with van der Waals surface area (Å²) in [5, 5.41) is 56.2. The van der Waals surface area contributed by atoms with E-state index in [2.05, 4.69) is 10.6 Å². The molecule has 1 saturated heterocycles. The van der Waals surface area contributed by atoms with Crippen LogP contribution < -0.4 is 10.6 Å². The minimum atomic E-state index is -1.29. The highest BCUT2D eigenvalue weighted by atomic mass is 16.5. The average Bonchev–Trinajstić information content (AvgIpc) is 3.11. The van der Waals surface area contributed by atoms with Gasteiger partial charge in [0, 0.05) is 29.7 Å². The Morgan fingerprint density at radius 2 is 1.59 bits per heavy atom. The molecule has 2 atom stereocenters. The van der Waals surface area contributed by atoms with Crippen molar-refractivity contribution in [3.63, 3.8) is 0 Å². The van der Waals surface area contributed by atoms with Crippen molar-refractivity contribution >= 4 is 17.8 Å². The molecule has 3 aromatic carbocycles. The van der Waals surface area contributed by atoms with Gasteiger partial charge in [-0.15, -0.1) is 0 Å². The summed E-state index contributed by atoms with van der Waals surface area (Å²) in [5.41, 5.74) is -0.106. The topological polar surface area (TPSA) is 186 Å². The largest absolute Gasteiger partial charge is 0.508 e. The van der Waals surface area contributed by atoms with Gasteiger partial charge in [0.05, 0.1) is 17.2 Å². The van der Waals surface area contributed by atoms with E-state index < -0.39 is 41.5 Å². The zero-order valence-corrected chi connectivity index (χ0v) is 20.8. The lowest BCUT2D eigenvalue weighted by Crippen LogP contribution is -2.49. The molecule has 1 aliphatic rings. The number of phenolic OH excluding ortho intramolecular Hbond substituents is 4. The smallest absolute Gasteiger partial charge is 0.338 e. The van der Waals surface area contributed by atoms with Crippen LogP contribution in [0.2, 0.25) is 0 Å². The molecule has 0 saturated carbocycles. The second-order valence-corrected chi connectivity index (χ2v) is 9.20. The first-order valence-electron chi connectivity index (χ1n) is 12.2. The zero-order valence-electron chi connectivity index (χ0n) is 20.8. The van der Waals surface area contributed by atoms with E-state index in [9.17, 15) is 39.9 Å². The second kappa shape index (κ2) is 11.7. The third kappa shape index (κ3) is 6.39. The maximum atomic E-state index is 13.0. The summed E-state index contributed by atoms with van der Waals surface area (Å²) < 4.78 is 5.69. The predicted molar refractivity (Wildman–Crippen MR) is 138 cm³/mol. The van der Waals surface area contributed by atoms with Gasteiger partial charge in [0.15, 0.2) is 0 Å². The lowest BCUT2D eigenvalue weighted by atomic mass is 9.96. The Labute approximate surface area is 223 Å². The number of carbonyl (C=O) groups excluding carboxylic acids is 2. The molecule has 1 fully saturated rings. The monoisotopic (exact) mass is 536 g/mol. The average molecular weight is 537 g/mol. The number of phenols is 4. The molecular formula is C28H28N2O9. The van der Waals surface area contributed by atoms with Crippen LogP contribution in [0.15, 0.2) is 54.6 Å². The number of nitrogens with one attached hydrogen (secondary N) is 2. The number of carboxylic acid groups (broad SMARTS) is 1. The molecule has 1 heterocycles. The number of hydrogen-bond donors (Lipinski definition) is 7. The number of carbonyl (C=O) groups is 3. The van der Waals surface area contributed by atoms with Crippen LogP contribution in [0.4, 0.5) is 0 Å². The standard InChI is InChI=1S/C28H28N2O9/c31-17-8-6-15(7-9-17)26(35)30-21-14-29-10-2-5-25(21)39-28(38)16-11-23(33)20(24(34)12-16)13-19-18(27(36)37)3-1-4-22(19)32/h1,3-4,6-9,11-12,21,25,29,31-34H,2,5,10,13-14H2,(H,30,35)(H,36,37)/t21-,25-/m0/s1. The number of hydrogen-bond acceptors (Lipinski definition) is 9. The molecule has 4 rings (SSSR count). The molecular weight excluding hydrogens is 508 g/mol. The Morgan fingerprint density at radius 3 is 2.26 bits per heavy atom. The van der Waals surface area contributed by atoms with Gasteiger partial charge in [0.2, 0.25) is 0 Å². The van der Waals surface area contributed by atoms with Crippen LogP contribution in [-0.2, 0) is 11.2 Å². The normalized spacial score (nSPS) is 17.1. The molecule has 11 nitrogen and oxygen atoms in total. The fourth-order valence-electron chi connectivity index (χ4n) is 4.45. The Morgan fingerprint density at radius 1 is 0.897 bits per heavy atom. The summed E-state index contributed by atoms with van der Waals surface area (Å²) in [6.45, 7) is 0.990. The van der Waals surface area contributed by atoms with Gasteiger partial charge >= 0.3 is 11.9 Å². The van der Waals surface area contributed by atoms with Crippen LogP contribution in [0.5, 0.6) is 23.0 Å². The van der Waals surface area contributed by atoms with E-state index in [-0.39, 0.29) is 40.2 Å². The Balaban J connectivity index is 1.51. The molecule has 11 heteroatoms. The first-order chi connectivity index (χ1) is 18.6. The summed E-state index contributed by atoms with van der Waals surface area (Å²) in [6.07, 6.45) is 0.101. The molecule has 3 aromatic rings. The number of carboxylic acids is 1. The van der Waals surface area contributed by atoms with E-state index in [1.807, 2.05) is 0 Å². The predicted octanol–water partition coefficient (Wildman–Crippen LogP) is 2.51. The summed E-state index contributed by atoms with van der Waals surface area (Å²) in [4.78, 5) is 37.3. The van der Waals surface area contributed by atoms with Gasteiger partial charge in [0.25, 0.3) is 5.91 Å². The highest BCUT2D eigenvalue weighted by Crippen LogP contribution is 2.35. The molecule has 0 aromatic heterocycles. The number of amides is 1. The van der Waals surface area contributed by atoms with Gasteiger partial charge in [-0.2, -0.15) is 0 Å². The SMILES string of the molecule is O=C(N[C@H]1CNCCC[C@@H]1OC(=O)c1cc(O)c(Cc2c(O)cccc2C(=O)O)c(O)c1)c1ccc(O)cc1. The van der Waals surface area contributed by atoms with Gasteiger partial charge in [-0.05, 0) is 67.9 Å². The molecule has 0 aliphatic carbocycles. The van der Waals surface area contributed by atoms with Crippen molar-refractivity contribution < 1.29 is 44.7 Å². The van der Waals surface area contributed by atoms with Crippen LogP contribution in [0.3, 0.4) is 0 Å². The maximum Gasteiger partial charge on any atom is 0.338 e. The van der Waals surface area contributed by atoms with E-state index in [0.29, 0.717) is 31.5 Å². The van der Waals surface area contributed by atoms with E-state index in [4.69, 9.17) is 4.74 Å². The van der Waals surface area contributed by atoms with E-state index in [0.717, 1.165) is 12.1 Å². The van der Waals surface area contributed by atoms with Crippen molar-refractivity contribution in [1.29, 1.82) is 0 Å². The van der Waals surface area contributed by atoms with Crippen LogP contribution in [-0.4, -0.2) is 68.6 Å². The molecule has 0 unspecified atom stereocenters. The van der Waals surface area contributed by atoms with Gasteiger partial charge in [-0.3, -0.25) is 4.79 Å². The molecule has 0 spiro atoms. The van der Waals surface area contributed by atoms with Crippen molar-refractivity contribution in [2.75, 3.05) is 13.1 Å². The quantitative estimate of drug-likeness (QED) is 0.221. The van der Waals surface area contributed by atoms with Gasteiger partial charge in [0.1, 0.15) is 29.1 Å². The highest BCUT2D eigenvalue weighted by Gasteiger charge is 2.30. The van der Waals surface area contributed by atoms with Crippen LogP contribution in [0.25, 0.3) is 0 Å². The van der Waals surface area contributed by atoms with Crippen molar-refractivity contribution in [3.8, 4) is 23.0 Å². The first kappa shape index (κ1) is 27.3. The molecule has 1 amide bonds. The third-order valence-electron chi connectivity index (χ3n) is 6.53. The Kier molecular flexibility index (Phi) is 8.21. The maximum absolute atomic E-state index is 13.0. The number of esters is 1. The Bertz CT molecular complexity index is 1370. The summed E-state index contributed by atoms with van der Waals surface area (Å²) in [6, 6.07) is 11.3. The summed E-state index contributed by atoms with van der Waals surface area (Å²) in [5.74, 6) is -3.80. The fraction of sp³-hybridized carbons (Fsp3) is 0.250. The number of aromatic carboxylic acids is 1. The molecule has 39 heavy (non-hydrogen) atoms. The van der Waals surface area contributed by atoms with Gasteiger partial charge < -0.3 is 40.9 Å². The van der Waals surface area contributed by atoms with E-state index in [1.165, 1.54) is 42.5 Å². The van der Waals surface area contributed by atoms with E-state index >= 15 is 0 Å². The Hall–Kier alpha value is -4.77. The number of ether oxygens (including phenoxy) is 1. The zero-order chi connectivity index (χ0) is 28.1. The van der Waals surface area contributed by atoms with Crippen molar-refractivity contribution in [1.82, 2.24) is 10.6 Å². The highest BCUT2D eigenvalue weighted by molar-refractivity contribution is 5.95. The summed E-state index contributed by atoms with van der Waals surface area (Å²) >= 11 is 0. The van der Waals surface area contributed by atoms with Crippen LogP contribution in [0.1, 0.15) is 55.0 Å². The molecule has 0 bridgehead atoms. The molecule has 1 aliphatic heterocycles.